The molecule has 1 amide bonds. The number of primary sulfonamides is 1. The van der Waals surface area contributed by atoms with E-state index in [1.807, 2.05) is 0 Å². The summed E-state index contributed by atoms with van der Waals surface area (Å²) in [6, 6.07) is 6.32. The molecule has 1 atom stereocenters. The quantitative estimate of drug-likeness (QED) is 0.842. The van der Waals surface area contributed by atoms with E-state index in [2.05, 4.69) is 17.1 Å². The van der Waals surface area contributed by atoms with Crippen LogP contribution in [-0.4, -0.2) is 44.9 Å². The van der Waals surface area contributed by atoms with Crippen LogP contribution in [0.4, 0.5) is 0 Å². The van der Waals surface area contributed by atoms with Crippen molar-refractivity contribution in [3.63, 3.8) is 0 Å². The highest BCUT2D eigenvalue weighted by molar-refractivity contribution is 7.89. The van der Waals surface area contributed by atoms with E-state index >= 15 is 0 Å². The van der Waals surface area contributed by atoms with Gasteiger partial charge in [0.1, 0.15) is 0 Å². The van der Waals surface area contributed by atoms with Crippen LogP contribution in [0.2, 0.25) is 0 Å². The minimum absolute atomic E-state index is 0.0511. The maximum Gasteiger partial charge on any atom is 0.251 e. The molecule has 1 aliphatic rings. The highest BCUT2D eigenvalue weighted by Gasteiger charge is 2.18. The van der Waals surface area contributed by atoms with E-state index in [1.54, 1.807) is 6.07 Å². The fraction of sp³-hybridized carbons (Fsp3) is 0.533. The molecule has 22 heavy (non-hydrogen) atoms. The molecule has 1 heterocycles. The predicted octanol–water partition coefficient (Wildman–Crippen LogP) is 0.938. The molecule has 0 aliphatic carbocycles. The Kier molecular flexibility index (Phi) is 5.55. The zero-order chi connectivity index (χ0) is 16.2. The molecular formula is C15H23N3O3S. The smallest absolute Gasteiger partial charge is 0.251 e. The number of rotatable bonds is 5. The van der Waals surface area contributed by atoms with Crippen LogP contribution in [0.15, 0.2) is 29.2 Å². The standard InChI is InChI=1S/C15H23N3O3S/c1-12-5-2-3-9-18(12)10-8-17-15(19)13-6-4-7-14(11-13)22(16,20)21/h4,6-7,11-12H,2-3,5,8-10H2,1H3,(H,17,19)(H2,16,20,21). The van der Waals surface area contributed by atoms with Crippen molar-refractivity contribution in [1.82, 2.24) is 10.2 Å². The van der Waals surface area contributed by atoms with Gasteiger partial charge >= 0.3 is 0 Å². The molecule has 1 aromatic rings. The van der Waals surface area contributed by atoms with Gasteiger partial charge in [0, 0.05) is 24.7 Å². The summed E-state index contributed by atoms with van der Waals surface area (Å²) in [5, 5.41) is 7.90. The van der Waals surface area contributed by atoms with Crippen molar-refractivity contribution in [2.75, 3.05) is 19.6 Å². The average molecular weight is 325 g/mol. The Balaban J connectivity index is 1.90. The summed E-state index contributed by atoms with van der Waals surface area (Å²) in [5.41, 5.74) is 0.304. The number of nitrogens with one attached hydrogen (secondary N) is 1. The third kappa shape index (κ3) is 4.53. The molecule has 0 spiro atoms. The molecule has 1 aliphatic heterocycles. The van der Waals surface area contributed by atoms with Crippen molar-refractivity contribution in [2.45, 2.75) is 37.1 Å². The number of piperidine rings is 1. The normalized spacial score (nSPS) is 19.8. The molecule has 1 aromatic carbocycles. The third-order valence-corrected chi connectivity index (χ3v) is 4.96. The van der Waals surface area contributed by atoms with E-state index in [4.69, 9.17) is 5.14 Å². The largest absolute Gasteiger partial charge is 0.351 e. The first kappa shape index (κ1) is 16.9. The minimum atomic E-state index is -3.79. The number of hydrogen-bond donors (Lipinski definition) is 2. The fourth-order valence-corrected chi connectivity index (χ4v) is 3.28. The maximum atomic E-state index is 12.1. The Morgan fingerprint density at radius 1 is 1.41 bits per heavy atom. The van der Waals surface area contributed by atoms with E-state index in [0.29, 0.717) is 18.2 Å². The summed E-state index contributed by atoms with van der Waals surface area (Å²) in [6.45, 7) is 4.62. The number of benzene rings is 1. The third-order valence-electron chi connectivity index (χ3n) is 4.05. The lowest BCUT2D eigenvalue weighted by Gasteiger charge is -2.33. The van der Waals surface area contributed by atoms with Crippen LogP contribution in [0.5, 0.6) is 0 Å². The lowest BCUT2D eigenvalue weighted by atomic mass is 10.0. The van der Waals surface area contributed by atoms with Crippen LogP contribution in [0, 0.1) is 0 Å². The van der Waals surface area contributed by atoms with Crippen LogP contribution >= 0.6 is 0 Å². The van der Waals surface area contributed by atoms with Gasteiger partial charge in [-0.2, -0.15) is 0 Å². The number of nitrogens with two attached hydrogens (primary N) is 1. The molecule has 0 aromatic heterocycles. The van der Waals surface area contributed by atoms with Gasteiger partial charge in [-0.1, -0.05) is 12.5 Å². The number of hydrogen-bond acceptors (Lipinski definition) is 4. The molecule has 7 heteroatoms. The molecule has 6 nitrogen and oxygen atoms in total. The Bertz CT molecular complexity index is 631. The van der Waals surface area contributed by atoms with Crippen molar-refractivity contribution in [2.24, 2.45) is 5.14 Å². The molecule has 1 fully saturated rings. The zero-order valence-electron chi connectivity index (χ0n) is 12.8. The van der Waals surface area contributed by atoms with Gasteiger partial charge in [-0.25, -0.2) is 13.6 Å². The number of amides is 1. The number of likely N-dealkylation sites (tertiary alicyclic amines) is 1. The topological polar surface area (TPSA) is 92.5 Å². The Hall–Kier alpha value is -1.44. The van der Waals surface area contributed by atoms with E-state index in [1.165, 1.54) is 37.5 Å². The van der Waals surface area contributed by atoms with Gasteiger partial charge < -0.3 is 5.32 Å². The minimum Gasteiger partial charge on any atom is -0.351 e. The summed E-state index contributed by atoms with van der Waals surface area (Å²) >= 11 is 0. The predicted molar refractivity (Wildman–Crippen MR) is 85.0 cm³/mol. The Morgan fingerprint density at radius 3 is 2.86 bits per heavy atom. The van der Waals surface area contributed by atoms with Crippen LogP contribution in [0.3, 0.4) is 0 Å². The fourth-order valence-electron chi connectivity index (χ4n) is 2.72. The van der Waals surface area contributed by atoms with E-state index in [-0.39, 0.29) is 10.8 Å². The SMILES string of the molecule is CC1CCCCN1CCNC(=O)c1cccc(S(N)(=O)=O)c1. The van der Waals surface area contributed by atoms with Crippen molar-refractivity contribution in [3.8, 4) is 0 Å². The van der Waals surface area contributed by atoms with Crippen molar-refractivity contribution in [3.05, 3.63) is 29.8 Å². The second kappa shape index (κ2) is 7.21. The van der Waals surface area contributed by atoms with Crippen molar-refractivity contribution in [1.29, 1.82) is 0 Å². The van der Waals surface area contributed by atoms with Gasteiger partial charge in [0.2, 0.25) is 10.0 Å². The van der Waals surface area contributed by atoms with Gasteiger partial charge in [0.05, 0.1) is 4.90 Å². The molecule has 0 bridgehead atoms. The second-order valence-corrected chi connectivity index (χ2v) is 7.27. The van der Waals surface area contributed by atoms with Crippen LogP contribution in [0.1, 0.15) is 36.5 Å². The summed E-state index contributed by atoms with van der Waals surface area (Å²) in [7, 11) is -3.79. The number of nitrogens with zero attached hydrogens (tertiary/aromatic N) is 1. The number of sulfonamides is 1. The summed E-state index contributed by atoms with van der Waals surface area (Å²) < 4.78 is 22.6. The summed E-state index contributed by atoms with van der Waals surface area (Å²) in [6.07, 6.45) is 3.67. The van der Waals surface area contributed by atoms with E-state index in [9.17, 15) is 13.2 Å². The van der Waals surface area contributed by atoms with Gasteiger partial charge in [-0.05, 0) is 44.5 Å². The molecule has 3 N–H and O–H groups in total. The molecule has 1 saturated heterocycles. The van der Waals surface area contributed by atoms with Crippen LogP contribution < -0.4 is 10.5 Å². The first-order valence-corrected chi connectivity index (χ1v) is 9.07. The van der Waals surface area contributed by atoms with Crippen LogP contribution in [0.25, 0.3) is 0 Å². The van der Waals surface area contributed by atoms with Gasteiger partial charge in [0.15, 0.2) is 0 Å². The first-order chi connectivity index (χ1) is 10.4. The van der Waals surface area contributed by atoms with E-state index in [0.717, 1.165) is 13.1 Å². The van der Waals surface area contributed by atoms with Gasteiger partial charge in [0.25, 0.3) is 5.91 Å². The average Bonchev–Trinajstić information content (AvgIpc) is 2.48. The Morgan fingerprint density at radius 2 is 2.18 bits per heavy atom. The number of carbonyl (C=O) groups excluding carboxylic acids is 1. The molecule has 122 valence electrons. The molecular weight excluding hydrogens is 302 g/mol. The second-order valence-electron chi connectivity index (χ2n) is 5.71. The summed E-state index contributed by atoms with van der Waals surface area (Å²) in [4.78, 5) is 14.4. The zero-order valence-corrected chi connectivity index (χ0v) is 13.6. The lowest BCUT2D eigenvalue weighted by molar-refractivity contribution is 0.0938. The van der Waals surface area contributed by atoms with E-state index < -0.39 is 10.0 Å². The Labute approximate surface area is 131 Å². The molecule has 1 unspecified atom stereocenters. The monoisotopic (exact) mass is 325 g/mol. The lowest BCUT2D eigenvalue weighted by Crippen LogP contribution is -2.42. The molecule has 0 saturated carbocycles. The molecule has 2 rings (SSSR count). The van der Waals surface area contributed by atoms with Crippen molar-refractivity contribution >= 4 is 15.9 Å². The maximum absolute atomic E-state index is 12.1. The van der Waals surface area contributed by atoms with Crippen LogP contribution in [-0.2, 0) is 10.0 Å². The number of carbonyl (C=O) groups is 1. The van der Waals surface area contributed by atoms with Gasteiger partial charge in [-0.3, -0.25) is 9.69 Å². The first-order valence-electron chi connectivity index (χ1n) is 7.53. The van der Waals surface area contributed by atoms with Gasteiger partial charge in [-0.15, -0.1) is 0 Å². The molecule has 0 radical (unpaired) electrons. The van der Waals surface area contributed by atoms with Crippen molar-refractivity contribution < 1.29 is 13.2 Å². The highest BCUT2D eigenvalue weighted by atomic mass is 32.2. The summed E-state index contributed by atoms with van der Waals surface area (Å²) in [5.74, 6) is -0.282. The highest BCUT2D eigenvalue weighted by Crippen LogP contribution is 2.15.